The summed E-state index contributed by atoms with van der Waals surface area (Å²) in [4.78, 5) is 8.22. The molecular weight excluding hydrogens is 180 g/mol. The average molecular weight is 196 g/mol. The summed E-state index contributed by atoms with van der Waals surface area (Å²) in [7, 11) is 0. The van der Waals surface area contributed by atoms with Crippen LogP contribution in [0.1, 0.15) is 19.7 Å². The molecule has 1 heterocycles. The van der Waals surface area contributed by atoms with Crippen molar-refractivity contribution >= 4 is 0 Å². The first-order valence-corrected chi connectivity index (χ1v) is 4.86. The van der Waals surface area contributed by atoms with Crippen molar-refractivity contribution in [3.63, 3.8) is 0 Å². The molecule has 0 radical (unpaired) electrons. The van der Waals surface area contributed by atoms with E-state index in [0.717, 1.165) is 5.82 Å². The van der Waals surface area contributed by atoms with Crippen molar-refractivity contribution < 1.29 is 9.47 Å². The Morgan fingerprint density at radius 1 is 1.14 bits per heavy atom. The van der Waals surface area contributed by atoms with E-state index in [-0.39, 0.29) is 6.29 Å². The van der Waals surface area contributed by atoms with E-state index in [9.17, 15) is 0 Å². The molecule has 0 saturated carbocycles. The molecule has 0 aromatic carbocycles. The summed E-state index contributed by atoms with van der Waals surface area (Å²) >= 11 is 0. The van der Waals surface area contributed by atoms with E-state index in [1.165, 1.54) is 0 Å². The molecule has 0 aliphatic heterocycles. The largest absolute Gasteiger partial charge is 0.352 e. The van der Waals surface area contributed by atoms with E-state index < -0.39 is 0 Å². The van der Waals surface area contributed by atoms with Gasteiger partial charge in [0, 0.05) is 25.6 Å². The second-order valence-corrected chi connectivity index (χ2v) is 2.71. The highest BCUT2D eigenvalue weighted by molar-refractivity contribution is 4.89. The predicted molar refractivity (Wildman–Crippen MR) is 52.8 cm³/mol. The van der Waals surface area contributed by atoms with Crippen LogP contribution in [0.15, 0.2) is 18.5 Å². The van der Waals surface area contributed by atoms with Crippen molar-refractivity contribution in [1.29, 1.82) is 0 Å². The first kappa shape index (κ1) is 11.1. The summed E-state index contributed by atoms with van der Waals surface area (Å²) < 4.78 is 10.8. The lowest BCUT2D eigenvalue weighted by molar-refractivity contribution is -0.135. The Morgan fingerprint density at radius 3 is 2.21 bits per heavy atom. The molecule has 1 aromatic heterocycles. The van der Waals surface area contributed by atoms with Crippen molar-refractivity contribution in [3.8, 4) is 0 Å². The van der Waals surface area contributed by atoms with Gasteiger partial charge in [-0.2, -0.15) is 0 Å². The Bertz CT molecular complexity index is 235. The number of ether oxygens (including phenoxy) is 2. The zero-order valence-corrected chi connectivity index (χ0v) is 8.64. The Morgan fingerprint density at radius 2 is 1.71 bits per heavy atom. The van der Waals surface area contributed by atoms with Crippen molar-refractivity contribution in [2.75, 3.05) is 13.2 Å². The van der Waals surface area contributed by atoms with Crippen LogP contribution in [0.3, 0.4) is 0 Å². The van der Waals surface area contributed by atoms with Crippen LogP contribution in [0, 0.1) is 0 Å². The molecule has 4 nitrogen and oxygen atoms in total. The highest BCUT2D eigenvalue weighted by atomic mass is 16.7. The van der Waals surface area contributed by atoms with Gasteiger partial charge in [0.05, 0.1) is 6.42 Å². The number of nitrogens with zero attached hydrogens (tertiary/aromatic N) is 2. The molecule has 1 rings (SSSR count). The fraction of sp³-hybridized carbons (Fsp3) is 0.600. The van der Waals surface area contributed by atoms with Gasteiger partial charge in [0.15, 0.2) is 6.29 Å². The van der Waals surface area contributed by atoms with Gasteiger partial charge >= 0.3 is 0 Å². The summed E-state index contributed by atoms with van der Waals surface area (Å²) in [5.41, 5.74) is 0. The third-order valence-electron chi connectivity index (χ3n) is 1.67. The number of hydrogen-bond donors (Lipinski definition) is 0. The minimum atomic E-state index is -0.229. The van der Waals surface area contributed by atoms with Crippen LogP contribution in [0.4, 0.5) is 0 Å². The van der Waals surface area contributed by atoms with Gasteiger partial charge in [-0.05, 0) is 19.9 Å². The third-order valence-corrected chi connectivity index (χ3v) is 1.67. The van der Waals surface area contributed by atoms with Gasteiger partial charge in [-0.3, -0.25) is 0 Å². The number of aromatic nitrogens is 2. The molecule has 14 heavy (non-hydrogen) atoms. The van der Waals surface area contributed by atoms with Gasteiger partial charge in [0.1, 0.15) is 5.82 Å². The van der Waals surface area contributed by atoms with Crippen LogP contribution in [0.25, 0.3) is 0 Å². The maximum Gasteiger partial charge on any atom is 0.164 e. The topological polar surface area (TPSA) is 44.2 Å². The average Bonchev–Trinajstić information content (AvgIpc) is 2.20. The fourth-order valence-electron chi connectivity index (χ4n) is 1.12. The Labute approximate surface area is 84.3 Å². The third kappa shape index (κ3) is 3.81. The lowest BCUT2D eigenvalue weighted by atomic mass is 10.4. The zero-order chi connectivity index (χ0) is 10.2. The molecule has 0 atom stereocenters. The molecule has 0 spiro atoms. The van der Waals surface area contributed by atoms with Crippen molar-refractivity contribution in [3.05, 3.63) is 24.3 Å². The lowest BCUT2D eigenvalue weighted by Crippen LogP contribution is -2.21. The number of hydrogen-bond acceptors (Lipinski definition) is 4. The second kappa shape index (κ2) is 6.45. The van der Waals surface area contributed by atoms with Gasteiger partial charge in [0.25, 0.3) is 0 Å². The van der Waals surface area contributed by atoms with E-state index in [2.05, 4.69) is 9.97 Å². The summed E-state index contributed by atoms with van der Waals surface area (Å²) in [6.07, 6.45) is 3.81. The Hall–Kier alpha value is -1.00. The van der Waals surface area contributed by atoms with Crippen molar-refractivity contribution in [2.24, 2.45) is 0 Å². The van der Waals surface area contributed by atoms with Gasteiger partial charge in [-0.25, -0.2) is 9.97 Å². The summed E-state index contributed by atoms with van der Waals surface area (Å²) in [5, 5.41) is 0. The quantitative estimate of drug-likeness (QED) is 0.645. The van der Waals surface area contributed by atoms with Gasteiger partial charge in [-0.15, -0.1) is 0 Å². The standard InChI is InChI=1S/C10H16N2O2/c1-3-13-10(14-4-2)8-9-11-6-5-7-12-9/h5-7,10H,3-4,8H2,1-2H3. The molecule has 1 aromatic rings. The Balaban J connectivity index is 2.46. The van der Waals surface area contributed by atoms with E-state index in [1.54, 1.807) is 18.5 Å². The van der Waals surface area contributed by atoms with Crippen molar-refractivity contribution in [1.82, 2.24) is 9.97 Å². The maximum atomic E-state index is 5.38. The van der Waals surface area contributed by atoms with Crippen LogP contribution < -0.4 is 0 Å². The monoisotopic (exact) mass is 196 g/mol. The molecular formula is C10H16N2O2. The smallest absolute Gasteiger partial charge is 0.164 e. The van der Waals surface area contributed by atoms with Crippen LogP contribution in [-0.4, -0.2) is 29.5 Å². The number of rotatable bonds is 6. The Kier molecular flexibility index (Phi) is 5.11. The normalized spacial score (nSPS) is 10.8. The lowest BCUT2D eigenvalue weighted by Gasteiger charge is -2.15. The second-order valence-electron chi connectivity index (χ2n) is 2.71. The molecule has 0 unspecified atom stereocenters. The first-order chi connectivity index (χ1) is 6.86. The highest BCUT2D eigenvalue weighted by Crippen LogP contribution is 2.02. The van der Waals surface area contributed by atoms with Crippen LogP contribution in [-0.2, 0) is 15.9 Å². The SMILES string of the molecule is CCOC(Cc1ncccn1)OCC. The van der Waals surface area contributed by atoms with Gasteiger partial charge < -0.3 is 9.47 Å². The van der Waals surface area contributed by atoms with Crippen LogP contribution >= 0.6 is 0 Å². The molecule has 0 bridgehead atoms. The van der Waals surface area contributed by atoms with Crippen LogP contribution in [0.5, 0.6) is 0 Å². The van der Waals surface area contributed by atoms with E-state index >= 15 is 0 Å². The first-order valence-electron chi connectivity index (χ1n) is 4.86. The highest BCUT2D eigenvalue weighted by Gasteiger charge is 2.10. The molecule has 0 saturated heterocycles. The maximum absolute atomic E-state index is 5.38. The predicted octanol–water partition coefficient (Wildman–Crippen LogP) is 1.42. The van der Waals surface area contributed by atoms with E-state index in [4.69, 9.17) is 9.47 Å². The van der Waals surface area contributed by atoms with Gasteiger partial charge in [0.2, 0.25) is 0 Å². The molecule has 0 amide bonds. The molecule has 4 heteroatoms. The van der Waals surface area contributed by atoms with Crippen molar-refractivity contribution in [2.45, 2.75) is 26.6 Å². The summed E-state index contributed by atoms with van der Waals surface area (Å²) in [6, 6.07) is 1.79. The van der Waals surface area contributed by atoms with Crippen LogP contribution in [0.2, 0.25) is 0 Å². The zero-order valence-electron chi connectivity index (χ0n) is 8.64. The van der Waals surface area contributed by atoms with E-state index in [1.807, 2.05) is 13.8 Å². The van der Waals surface area contributed by atoms with E-state index in [0.29, 0.717) is 19.6 Å². The molecule has 0 fully saturated rings. The minimum absolute atomic E-state index is 0.229. The molecule has 0 aliphatic carbocycles. The summed E-state index contributed by atoms with van der Waals surface area (Å²) in [5.74, 6) is 0.749. The van der Waals surface area contributed by atoms with Gasteiger partial charge in [-0.1, -0.05) is 0 Å². The minimum Gasteiger partial charge on any atom is -0.352 e. The molecule has 78 valence electrons. The molecule has 0 N–H and O–H groups in total. The summed E-state index contributed by atoms with van der Waals surface area (Å²) in [6.45, 7) is 5.16. The fourth-order valence-corrected chi connectivity index (χ4v) is 1.12. The molecule has 0 aliphatic rings.